The van der Waals surface area contributed by atoms with Gasteiger partial charge in [-0.1, -0.05) is 24.6 Å². The molecule has 0 saturated carbocycles. The summed E-state index contributed by atoms with van der Waals surface area (Å²) < 4.78 is 5.50. The van der Waals surface area contributed by atoms with Gasteiger partial charge in [0.1, 0.15) is 0 Å². The first kappa shape index (κ1) is 15.3. The third-order valence-corrected chi connectivity index (χ3v) is 4.54. The van der Waals surface area contributed by atoms with E-state index >= 15 is 0 Å². The van der Waals surface area contributed by atoms with Gasteiger partial charge >= 0.3 is 0 Å². The van der Waals surface area contributed by atoms with Crippen LogP contribution in [-0.4, -0.2) is 41.3 Å². The van der Waals surface area contributed by atoms with Crippen molar-refractivity contribution in [3.05, 3.63) is 35.9 Å². The zero-order valence-electron chi connectivity index (χ0n) is 13.2. The van der Waals surface area contributed by atoms with Gasteiger partial charge in [0.05, 0.1) is 12.6 Å². The molecule has 1 aromatic heterocycles. The molecule has 22 heavy (non-hydrogen) atoms. The minimum atomic E-state index is 0.258. The lowest BCUT2D eigenvalue weighted by Crippen LogP contribution is -2.39. The Morgan fingerprint density at radius 1 is 1.32 bits per heavy atom. The average molecular weight is 300 g/mol. The summed E-state index contributed by atoms with van der Waals surface area (Å²) in [5, 5.41) is 10.4. The number of rotatable bonds is 5. The molecule has 4 heteroatoms. The van der Waals surface area contributed by atoms with Crippen molar-refractivity contribution in [3.63, 3.8) is 0 Å². The predicted octanol–water partition coefficient (Wildman–Crippen LogP) is 2.98. The van der Waals surface area contributed by atoms with Crippen LogP contribution in [0.4, 0.5) is 0 Å². The van der Waals surface area contributed by atoms with Gasteiger partial charge in [-0.15, -0.1) is 0 Å². The van der Waals surface area contributed by atoms with Gasteiger partial charge in [-0.3, -0.25) is 4.90 Å². The second kappa shape index (κ2) is 7.07. The van der Waals surface area contributed by atoms with Crippen molar-refractivity contribution < 1.29 is 9.84 Å². The van der Waals surface area contributed by atoms with Gasteiger partial charge in [0, 0.05) is 30.1 Å². The first-order valence-electron chi connectivity index (χ1n) is 8.09. The van der Waals surface area contributed by atoms with Crippen molar-refractivity contribution in [2.45, 2.75) is 38.3 Å². The van der Waals surface area contributed by atoms with E-state index in [9.17, 15) is 5.11 Å². The predicted molar refractivity (Wildman–Crippen MR) is 88.0 cm³/mol. The number of benzene rings is 1. The van der Waals surface area contributed by atoms with Crippen LogP contribution >= 0.6 is 0 Å². The molecule has 0 aliphatic carbocycles. The Kier molecular flexibility index (Phi) is 4.90. The Morgan fingerprint density at radius 3 is 3.00 bits per heavy atom. The van der Waals surface area contributed by atoms with Crippen LogP contribution in [0.25, 0.3) is 10.9 Å². The quantitative estimate of drug-likeness (QED) is 0.922. The lowest BCUT2D eigenvalue weighted by atomic mass is 9.98. The van der Waals surface area contributed by atoms with Gasteiger partial charge in [-0.05, 0) is 37.9 Å². The summed E-state index contributed by atoms with van der Waals surface area (Å²) in [5.41, 5.74) is 2.10. The van der Waals surface area contributed by atoms with E-state index in [2.05, 4.69) is 22.0 Å². The summed E-state index contributed by atoms with van der Waals surface area (Å²) in [7, 11) is 1.68. The van der Waals surface area contributed by atoms with Gasteiger partial charge in [0.25, 0.3) is 0 Å². The number of hydrogen-bond donors (Lipinski definition) is 1. The second-order valence-corrected chi connectivity index (χ2v) is 5.98. The lowest BCUT2D eigenvalue weighted by Gasteiger charge is -2.35. The summed E-state index contributed by atoms with van der Waals surface area (Å²) in [4.78, 5) is 7.10. The molecule has 1 aromatic carbocycles. The van der Waals surface area contributed by atoms with Crippen molar-refractivity contribution in [3.8, 4) is 5.88 Å². The number of aliphatic hydroxyl groups is 1. The van der Waals surface area contributed by atoms with Crippen molar-refractivity contribution >= 4 is 10.9 Å². The monoisotopic (exact) mass is 300 g/mol. The highest BCUT2D eigenvalue weighted by molar-refractivity contribution is 5.80. The maximum Gasteiger partial charge on any atom is 0.218 e. The van der Waals surface area contributed by atoms with E-state index in [1.54, 1.807) is 7.11 Å². The van der Waals surface area contributed by atoms with Crippen LogP contribution in [0.3, 0.4) is 0 Å². The number of fused-ring (bicyclic) bond motifs is 1. The molecule has 1 aliphatic rings. The summed E-state index contributed by atoms with van der Waals surface area (Å²) in [6.07, 6.45) is 4.51. The Morgan fingerprint density at radius 2 is 2.18 bits per heavy atom. The van der Waals surface area contributed by atoms with Gasteiger partial charge in [0.15, 0.2) is 0 Å². The number of methoxy groups -OCH3 is 1. The van der Waals surface area contributed by atoms with E-state index in [4.69, 9.17) is 4.74 Å². The number of aliphatic hydroxyl groups excluding tert-OH is 1. The van der Waals surface area contributed by atoms with E-state index in [0.717, 1.165) is 36.0 Å². The number of para-hydroxylation sites is 1. The smallest absolute Gasteiger partial charge is 0.218 e. The number of nitrogens with zero attached hydrogens (tertiary/aromatic N) is 2. The van der Waals surface area contributed by atoms with Crippen molar-refractivity contribution in [2.24, 2.45) is 0 Å². The van der Waals surface area contributed by atoms with Gasteiger partial charge in [0.2, 0.25) is 5.88 Å². The average Bonchev–Trinajstić information content (AvgIpc) is 2.56. The molecule has 118 valence electrons. The van der Waals surface area contributed by atoms with E-state index in [1.807, 2.05) is 18.2 Å². The molecule has 1 aliphatic heterocycles. The van der Waals surface area contributed by atoms with Gasteiger partial charge in [-0.25, -0.2) is 4.98 Å². The van der Waals surface area contributed by atoms with Crippen LogP contribution < -0.4 is 4.74 Å². The minimum absolute atomic E-state index is 0.258. The first-order valence-corrected chi connectivity index (χ1v) is 8.09. The van der Waals surface area contributed by atoms with Crippen LogP contribution in [-0.2, 0) is 6.54 Å². The molecule has 2 aromatic rings. The van der Waals surface area contributed by atoms with Crippen LogP contribution in [0.1, 0.15) is 31.2 Å². The summed E-state index contributed by atoms with van der Waals surface area (Å²) in [6.45, 7) is 2.18. The lowest BCUT2D eigenvalue weighted by molar-refractivity contribution is 0.111. The molecule has 1 fully saturated rings. The molecule has 1 saturated heterocycles. The third-order valence-electron chi connectivity index (χ3n) is 4.54. The number of likely N-dealkylation sites (tertiary alicyclic amines) is 1. The van der Waals surface area contributed by atoms with Crippen LogP contribution in [0.5, 0.6) is 5.88 Å². The maximum atomic E-state index is 9.28. The Bertz CT molecular complexity index is 628. The van der Waals surface area contributed by atoms with Crippen LogP contribution in [0.2, 0.25) is 0 Å². The third kappa shape index (κ3) is 3.23. The molecule has 3 rings (SSSR count). The summed E-state index contributed by atoms with van der Waals surface area (Å²) >= 11 is 0. The van der Waals surface area contributed by atoms with E-state index in [0.29, 0.717) is 11.9 Å². The molecule has 1 unspecified atom stereocenters. The van der Waals surface area contributed by atoms with Crippen molar-refractivity contribution in [1.82, 2.24) is 9.88 Å². The molecule has 0 spiro atoms. The van der Waals surface area contributed by atoms with Crippen LogP contribution in [0, 0.1) is 0 Å². The molecule has 2 heterocycles. The zero-order valence-corrected chi connectivity index (χ0v) is 13.2. The fraction of sp³-hybridized carbons (Fsp3) is 0.500. The largest absolute Gasteiger partial charge is 0.481 e. The summed E-state index contributed by atoms with van der Waals surface area (Å²) in [6, 6.07) is 10.8. The highest BCUT2D eigenvalue weighted by atomic mass is 16.5. The Balaban J connectivity index is 1.88. The number of ether oxygens (including phenoxy) is 1. The van der Waals surface area contributed by atoms with E-state index < -0.39 is 0 Å². The molecule has 1 N–H and O–H groups in total. The fourth-order valence-electron chi connectivity index (χ4n) is 3.39. The standard InChI is InChI=1S/C18H24N2O2/c1-22-18-15(12-14-6-2-3-8-17(14)19-18)13-20-10-5-4-7-16(20)9-11-21/h2-3,6,8,12,16,21H,4-5,7,9-11,13H2,1H3. The second-order valence-electron chi connectivity index (χ2n) is 5.98. The normalized spacial score (nSPS) is 19.5. The zero-order chi connectivity index (χ0) is 15.4. The van der Waals surface area contributed by atoms with Crippen LogP contribution in [0.15, 0.2) is 30.3 Å². The minimum Gasteiger partial charge on any atom is -0.481 e. The highest BCUT2D eigenvalue weighted by Gasteiger charge is 2.23. The Labute approximate surface area is 131 Å². The molecule has 0 amide bonds. The molecule has 4 nitrogen and oxygen atoms in total. The number of pyridine rings is 1. The fourth-order valence-corrected chi connectivity index (χ4v) is 3.39. The van der Waals surface area contributed by atoms with E-state index in [1.165, 1.54) is 19.3 Å². The van der Waals surface area contributed by atoms with Gasteiger partial charge < -0.3 is 9.84 Å². The topological polar surface area (TPSA) is 45.6 Å². The van der Waals surface area contributed by atoms with Crippen molar-refractivity contribution in [1.29, 1.82) is 0 Å². The molecule has 0 bridgehead atoms. The van der Waals surface area contributed by atoms with Crippen molar-refractivity contribution in [2.75, 3.05) is 20.3 Å². The Hall–Kier alpha value is -1.65. The summed E-state index contributed by atoms with van der Waals surface area (Å²) in [5.74, 6) is 0.715. The van der Waals surface area contributed by atoms with Gasteiger partial charge in [-0.2, -0.15) is 0 Å². The molecule has 1 atom stereocenters. The number of aromatic nitrogens is 1. The molecule has 0 radical (unpaired) electrons. The SMILES string of the molecule is COc1nc2ccccc2cc1CN1CCCCC1CCO. The first-order chi connectivity index (χ1) is 10.8. The van der Waals surface area contributed by atoms with E-state index in [-0.39, 0.29) is 6.61 Å². The highest BCUT2D eigenvalue weighted by Crippen LogP contribution is 2.27. The number of piperidine rings is 1. The maximum absolute atomic E-state index is 9.28. The molecular formula is C18H24N2O2. The molecular weight excluding hydrogens is 276 g/mol. The number of hydrogen-bond acceptors (Lipinski definition) is 4.